The van der Waals surface area contributed by atoms with Gasteiger partial charge >= 0.3 is 0 Å². The fraction of sp³-hybridized carbons (Fsp3) is 0.105. The lowest BCUT2D eigenvalue weighted by molar-refractivity contribution is -0.384. The highest BCUT2D eigenvalue weighted by molar-refractivity contribution is 8.14. The third kappa shape index (κ3) is 3.69. The number of nitro benzene ring substituents is 1. The van der Waals surface area contributed by atoms with Gasteiger partial charge in [-0.25, -0.2) is 0 Å². The first-order valence-corrected chi connectivity index (χ1v) is 9.54. The van der Waals surface area contributed by atoms with Crippen molar-refractivity contribution in [3.05, 3.63) is 69.9 Å². The lowest BCUT2D eigenvalue weighted by atomic mass is 10.1. The highest BCUT2D eigenvalue weighted by atomic mass is 32.2. The first kappa shape index (κ1) is 18.7. The Balaban J connectivity index is 1.49. The van der Waals surface area contributed by atoms with Crippen LogP contribution in [0.2, 0.25) is 0 Å². The molecule has 1 fully saturated rings. The van der Waals surface area contributed by atoms with Gasteiger partial charge in [0.05, 0.1) is 22.8 Å². The Hall–Kier alpha value is -3.66. The molecule has 2 N–H and O–H groups in total. The summed E-state index contributed by atoms with van der Waals surface area (Å²) < 4.78 is 0. The van der Waals surface area contributed by atoms with Crippen LogP contribution < -0.4 is 5.32 Å². The Kier molecular flexibility index (Phi) is 4.77. The molecule has 9 nitrogen and oxygen atoms in total. The number of carbonyl (C=O) groups excluding carboxylic acids is 3. The van der Waals surface area contributed by atoms with Crippen molar-refractivity contribution in [1.82, 2.24) is 9.88 Å². The molecule has 0 bridgehead atoms. The lowest BCUT2D eigenvalue weighted by Gasteiger charge is -2.13. The molecule has 1 saturated heterocycles. The van der Waals surface area contributed by atoms with Gasteiger partial charge < -0.3 is 10.3 Å². The van der Waals surface area contributed by atoms with E-state index in [0.717, 1.165) is 17.3 Å². The van der Waals surface area contributed by atoms with Gasteiger partial charge in [-0.1, -0.05) is 23.9 Å². The van der Waals surface area contributed by atoms with Gasteiger partial charge in [-0.3, -0.25) is 29.4 Å². The van der Waals surface area contributed by atoms with Crippen LogP contribution in [0.3, 0.4) is 0 Å². The molecule has 0 saturated carbocycles. The number of aromatic nitrogens is 1. The Morgan fingerprint density at radius 1 is 1.21 bits per heavy atom. The van der Waals surface area contributed by atoms with E-state index in [1.807, 2.05) is 0 Å². The molecule has 0 aliphatic carbocycles. The zero-order chi connectivity index (χ0) is 20.5. The summed E-state index contributed by atoms with van der Waals surface area (Å²) in [6.45, 7) is 0.186. The zero-order valence-electron chi connectivity index (χ0n) is 14.9. The molecule has 0 spiro atoms. The molecule has 4 rings (SSSR count). The van der Waals surface area contributed by atoms with Gasteiger partial charge in [-0.05, 0) is 23.8 Å². The maximum absolute atomic E-state index is 12.6. The Bertz CT molecular complexity index is 1140. The number of benzene rings is 2. The van der Waals surface area contributed by atoms with Crippen molar-refractivity contribution in [1.29, 1.82) is 0 Å². The first-order valence-electron chi connectivity index (χ1n) is 8.55. The Labute approximate surface area is 168 Å². The first-order chi connectivity index (χ1) is 13.9. The number of carbonyl (C=O) groups is 3. The average Bonchev–Trinajstić information content (AvgIpc) is 3.27. The molecule has 2 aromatic carbocycles. The van der Waals surface area contributed by atoms with E-state index in [-0.39, 0.29) is 34.7 Å². The molecule has 1 aliphatic heterocycles. The topological polar surface area (TPSA) is 125 Å². The molecule has 2 heterocycles. The minimum Gasteiger partial charge on any atom is -0.360 e. The summed E-state index contributed by atoms with van der Waals surface area (Å²) in [7, 11) is 0. The second kappa shape index (κ2) is 7.40. The van der Waals surface area contributed by atoms with Crippen LogP contribution in [-0.4, -0.2) is 37.6 Å². The summed E-state index contributed by atoms with van der Waals surface area (Å²) in [6, 6.07) is 11.1. The van der Waals surface area contributed by atoms with E-state index in [4.69, 9.17) is 0 Å². The summed E-state index contributed by atoms with van der Waals surface area (Å²) >= 11 is 0.982. The van der Waals surface area contributed by atoms with E-state index >= 15 is 0 Å². The van der Waals surface area contributed by atoms with Crippen molar-refractivity contribution in [2.75, 3.05) is 11.1 Å². The summed E-state index contributed by atoms with van der Waals surface area (Å²) in [4.78, 5) is 50.6. The summed E-state index contributed by atoms with van der Waals surface area (Å²) in [5, 5.41) is 13.9. The van der Waals surface area contributed by atoms with Gasteiger partial charge in [0.15, 0.2) is 0 Å². The fourth-order valence-electron chi connectivity index (χ4n) is 3.02. The number of non-ortho nitro benzene ring substituents is 1. The molecule has 0 radical (unpaired) electrons. The van der Waals surface area contributed by atoms with Crippen molar-refractivity contribution in [3.8, 4) is 0 Å². The van der Waals surface area contributed by atoms with Gasteiger partial charge in [0.1, 0.15) is 0 Å². The van der Waals surface area contributed by atoms with Crippen LogP contribution in [0.4, 0.5) is 16.2 Å². The predicted molar refractivity (Wildman–Crippen MR) is 108 cm³/mol. The van der Waals surface area contributed by atoms with Crippen LogP contribution in [0.25, 0.3) is 10.9 Å². The number of hydrogen-bond donors (Lipinski definition) is 2. The molecular formula is C19H14N4O5S. The van der Waals surface area contributed by atoms with Gasteiger partial charge in [0.2, 0.25) is 5.91 Å². The molecule has 146 valence electrons. The third-order valence-electron chi connectivity index (χ3n) is 4.51. The van der Waals surface area contributed by atoms with E-state index in [1.54, 1.807) is 30.3 Å². The monoisotopic (exact) mass is 410 g/mol. The van der Waals surface area contributed by atoms with Crippen LogP contribution in [-0.2, 0) is 11.3 Å². The van der Waals surface area contributed by atoms with Crippen LogP contribution >= 0.6 is 11.8 Å². The molecule has 3 aromatic rings. The second-order valence-electron chi connectivity index (χ2n) is 6.37. The number of hydrogen-bond acceptors (Lipinski definition) is 6. The van der Waals surface area contributed by atoms with Crippen molar-refractivity contribution >= 4 is 51.1 Å². The highest BCUT2D eigenvalue weighted by Crippen LogP contribution is 2.25. The van der Waals surface area contributed by atoms with Crippen LogP contribution in [0.1, 0.15) is 15.9 Å². The number of nitrogens with one attached hydrogen (secondary N) is 2. The maximum atomic E-state index is 12.6. The van der Waals surface area contributed by atoms with Crippen molar-refractivity contribution in [2.45, 2.75) is 6.54 Å². The molecule has 1 aromatic heterocycles. The summed E-state index contributed by atoms with van der Waals surface area (Å²) in [5.41, 5.74) is 2.09. The number of aromatic amines is 1. The molecular weight excluding hydrogens is 396 g/mol. The normalized spacial score (nSPS) is 13.9. The molecule has 3 amide bonds. The van der Waals surface area contributed by atoms with E-state index in [1.165, 1.54) is 23.2 Å². The standard InChI is InChI=1S/C19H14N4O5S/c24-17-10-29-19(26)22(17)9-11-1-3-12(4-2-11)21-18(25)15-8-20-16-6-5-13(23(27)28)7-14(15)16/h1-8,20H,9-10H2,(H,21,25). The highest BCUT2D eigenvalue weighted by Gasteiger charge is 2.29. The van der Waals surface area contributed by atoms with E-state index in [2.05, 4.69) is 10.3 Å². The number of nitrogens with zero attached hydrogens (tertiary/aromatic N) is 2. The van der Waals surface area contributed by atoms with E-state index < -0.39 is 10.8 Å². The Morgan fingerprint density at radius 3 is 2.62 bits per heavy atom. The predicted octanol–water partition coefficient (Wildman–Crippen LogP) is 3.52. The van der Waals surface area contributed by atoms with Gasteiger partial charge in [-0.2, -0.15) is 0 Å². The molecule has 10 heteroatoms. The number of fused-ring (bicyclic) bond motifs is 1. The molecule has 0 atom stereocenters. The number of imide groups is 1. The third-order valence-corrected chi connectivity index (χ3v) is 5.37. The maximum Gasteiger partial charge on any atom is 0.289 e. The van der Waals surface area contributed by atoms with E-state index in [0.29, 0.717) is 16.6 Å². The van der Waals surface area contributed by atoms with Crippen LogP contribution in [0.5, 0.6) is 0 Å². The second-order valence-corrected chi connectivity index (χ2v) is 7.30. The quantitative estimate of drug-likeness (QED) is 0.490. The number of amides is 3. The molecule has 0 unspecified atom stereocenters. The molecule has 29 heavy (non-hydrogen) atoms. The Morgan fingerprint density at radius 2 is 1.97 bits per heavy atom. The van der Waals surface area contributed by atoms with Gasteiger partial charge in [-0.15, -0.1) is 0 Å². The summed E-state index contributed by atoms with van der Waals surface area (Å²) in [5.74, 6) is -0.466. The van der Waals surface area contributed by atoms with Crippen molar-refractivity contribution < 1.29 is 19.3 Å². The van der Waals surface area contributed by atoms with Gasteiger partial charge in [0.25, 0.3) is 16.8 Å². The minimum absolute atomic E-state index is 0.0975. The van der Waals surface area contributed by atoms with Crippen LogP contribution in [0, 0.1) is 10.1 Å². The van der Waals surface area contributed by atoms with Crippen LogP contribution in [0.15, 0.2) is 48.7 Å². The zero-order valence-corrected chi connectivity index (χ0v) is 15.7. The number of rotatable bonds is 5. The van der Waals surface area contributed by atoms with Crippen molar-refractivity contribution in [3.63, 3.8) is 0 Å². The largest absolute Gasteiger partial charge is 0.360 e. The SMILES string of the molecule is O=C(Nc1ccc(CN2C(=O)CSC2=O)cc1)c1c[nH]c2ccc([N+](=O)[O-])cc12. The molecule has 1 aliphatic rings. The minimum atomic E-state index is -0.513. The smallest absolute Gasteiger partial charge is 0.289 e. The van der Waals surface area contributed by atoms with E-state index in [9.17, 15) is 24.5 Å². The van der Waals surface area contributed by atoms with Crippen molar-refractivity contribution in [2.24, 2.45) is 0 Å². The number of thioether (sulfide) groups is 1. The number of anilines is 1. The average molecular weight is 410 g/mol. The summed E-state index contributed by atoms with van der Waals surface area (Å²) in [6.07, 6.45) is 1.50. The fourth-order valence-corrected chi connectivity index (χ4v) is 3.74. The number of nitro groups is 1. The number of H-pyrrole nitrogens is 1. The van der Waals surface area contributed by atoms with Gasteiger partial charge in [0, 0.05) is 34.9 Å². The lowest BCUT2D eigenvalue weighted by Crippen LogP contribution is -2.27.